The van der Waals surface area contributed by atoms with Crippen molar-refractivity contribution in [3.63, 3.8) is 0 Å². The number of hydrogen-bond donors (Lipinski definition) is 1. The van der Waals surface area contributed by atoms with Crippen molar-refractivity contribution in [2.75, 3.05) is 23.2 Å². The highest BCUT2D eigenvalue weighted by atomic mass is 32.2. The lowest BCUT2D eigenvalue weighted by Crippen LogP contribution is -2.37. The van der Waals surface area contributed by atoms with Crippen molar-refractivity contribution < 1.29 is 23.1 Å². The van der Waals surface area contributed by atoms with E-state index in [9.17, 15) is 13.2 Å². The monoisotopic (exact) mass is 285 g/mol. The lowest BCUT2D eigenvalue weighted by molar-refractivity contribution is -0.139. The van der Waals surface area contributed by atoms with E-state index in [1.807, 2.05) is 0 Å². The number of carboxylic acids is 1. The average molecular weight is 285 g/mol. The maximum atomic E-state index is 12.0. The molecule has 7 heteroatoms. The standard InChI is InChI=1S/C12H15NO5S/c14-12(15)9-18-11-5-3-4-10(8-11)13-6-1-2-7-19(13,16)17/h3-5,8H,1-2,6-7,9H2,(H,14,15). The molecule has 1 aromatic rings. The van der Waals surface area contributed by atoms with E-state index in [1.54, 1.807) is 24.3 Å². The second-order valence-corrected chi connectivity index (χ2v) is 6.29. The molecule has 1 saturated heterocycles. The van der Waals surface area contributed by atoms with Crippen molar-refractivity contribution in [2.45, 2.75) is 12.8 Å². The molecule has 1 aliphatic rings. The number of carboxylic acid groups (broad SMARTS) is 1. The molecule has 0 aromatic heterocycles. The predicted octanol–water partition coefficient (Wildman–Crippen LogP) is 1.08. The Labute approximate surface area is 111 Å². The minimum absolute atomic E-state index is 0.146. The van der Waals surface area contributed by atoms with Gasteiger partial charge in [-0.2, -0.15) is 0 Å². The molecular formula is C12H15NO5S. The molecule has 1 heterocycles. The van der Waals surface area contributed by atoms with Gasteiger partial charge < -0.3 is 9.84 Å². The van der Waals surface area contributed by atoms with E-state index >= 15 is 0 Å². The Morgan fingerprint density at radius 2 is 2.16 bits per heavy atom. The zero-order valence-corrected chi connectivity index (χ0v) is 11.1. The van der Waals surface area contributed by atoms with Crippen molar-refractivity contribution in [3.8, 4) is 5.75 Å². The SMILES string of the molecule is O=C(O)COc1cccc(N2CCCCS2(=O)=O)c1. The average Bonchev–Trinajstić information content (AvgIpc) is 2.36. The number of carbonyl (C=O) groups is 1. The van der Waals surface area contributed by atoms with Crippen LogP contribution in [0.3, 0.4) is 0 Å². The number of ether oxygens (including phenoxy) is 1. The van der Waals surface area contributed by atoms with Gasteiger partial charge in [-0.05, 0) is 25.0 Å². The van der Waals surface area contributed by atoms with Gasteiger partial charge in [0, 0.05) is 12.6 Å². The highest BCUT2D eigenvalue weighted by Crippen LogP contribution is 2.26. The number of benzene rings is 1. The molecule has 1 fully saturated rings. The summed E-state index contributed by atoms with van der Waals surface area (Å²) in [6.45, 7) is 0.000913. The Morgan fingerprint density at radius 3 is 2.84 bits per heavy atom. The first-order valence-electron chi connectivity index (χ1n) is 5.94. The molecule has 0 unspecified atom stereocenters. The largest absolute Gasteiger partial charge is 0.482 e. The molecule has 0 radical (unpaired) electrons. The maximum absolute atomic E-state index is 12.0. The summed E-state index contributed by atoms with van der Waals surface area (Å²) in [5, 5.41) is 8.54. The first-order chi connectivity index (χ1) is 8.99. The van der Waals surface area contributed by atoms with Crippen LogP contribution in [0.2, 0.25) is 0 Å². The first-order valence-corrected chi connectivity index (χ1v) is 7.55. The second kappa shape index (κ2) is 5.48. The molecular weight excluding hydrogens is 270 g/mol. The molecule has 1 aliphatic heterocycles. The Hall–Kier alpha value is -1.76. The van der Waals surface area contributed by atoms with E-state index in [-0.39, 0.29) is 5.75 Å². The van der Waals surface area contributed by atoms with E-state index in [2.05, 4.69) is 0 Å². The number of hydrogen-bond acceptors (Lipinski definition) is 4. The van der Waals surface area contributed by atoms with Crippen LogP contribution in [0.1, 0.15) is 12.8 Å². The number of sulfonamides is 1. The zero-order chi connectivity index (χ0) is 13.9. The van der Waals surface area contributed by atoms with Crippen LogP contribution >= 0.6 is 0 Å². The fourth-order valence-electron chi connectivity index (χ4n) is 1.95. The normalized spacial score (nSPS) is 18.0. The van der Waals surface area contributed by atoms with Gasteiger partial charge in [0.1, 0.15) is 5.75 Å². The predicted molar refractivity (Wildman–Crippen MR) is 69.9 cm³/mol. The summed E-state index contributed by atoms with van der Waals surface area (Å²) >= 11 is 0. The quantitative estimate of drug-likeness (QED) is 0.895. The van der Waals surface area contributed by atoms with E-state index in [4.69, 9.17) is 9.84 Å². The van der Waals surface area contributed by atoms with Crippen molar-refractivity contribution in [3.05, 3.63) is 24.3 Å². The van der Waals surface area contributed by atoms with Crippen molar-refractivity contribution >= 4 is 21.7 Å². The molecule has 0 atom stereocenters. The summed E-state index contributed by atoms with van der Waals surface area (Å²) in [6.07, 6.45) is 1.49. The van der Waals surface area contributed by atoms with Gasteiger partial charge >= 0.3 is 5.97 Å². The lowest BCUT2D eigenvalue weighted by atomic mass is 10.2. The van der Waals surface area contributed by atoms with E-state index < -0.39 is 22.6 Å². The summed E-state index contributed by atoms with van der Waals surface area (Å²) in [7, 11) is -3.26. The number of anilines is 1. The lowest BCUT2D eigenvalue weighted by Gasteiger charge is -2.28. The zero-order valence-electron chi connectivity index (χ0n) is 10.3. The summed E-state index contributed by atoms with van der Waals surface area (Å²) < 4.78 is 30.3. The smallest absolute Gasteiger partial charge is 0.341 e. The Kier molecular flexibility index (Phi) is 3.94. The fourth-order valence-corrected chi connectivity index (χ4v) is 3.58. The van der Waals surface area contributed by atoms with Gasteiger partial charge in [-0.3, -0.25) is 4.31 Å². The van der Waals surface area contributed by atoms with Gasteiger partial charge in [-0.15, -0.1) is 0 Å². The molecule has 0 aliphatic carbocycles. The highest BCUT2D eigenvalue weighted by Gasteiger charge is 2.26. The molecule has 0 saturated carbocycles. The van der Waals surface area contributed by atoms with Gasteiger partial charge in [-0.1, -0.05) is 6.07 Å². The molecule has 1 aromatic carbocycles. The summed E-state index contributed by atoms with van der Waals surface area (Å²) in [4.78, 5) is 10.4. The van der Waals surface area contributed by atoms with Gasteiger partial charge in [0.25, 0.3) is 0 Å². The second-order valence-electron chi connectivity index (χ2n) is 4.28. The summed E-state index contributed by atoms with van der Waals surface area (Å²) in [5.41, 5.74) is 0.516. The summed E-state index contributed by atoms with van der Waals surface area (Å²) in [5.74, 6) is -0.579. The van der Waals surface area contributed by atoms with Crippen LogP contribution < -0.4 is 9.04 Å². The Morgan fingerprint density at radius 1 is 1.37 bits per heavy atom. The molecule has 1 N–H and O–H groups in total. The topological polar surface area (TPSA) is 83.9 Å². The summed E-state index contributed by atoms with van der Waals surface area (Å²) in [6, 6.07) is 6.47. The molecule has 0 amide bonds. The van der Waals surface area contributed by atoms with Gasteiger partial charge in [0.05, 0.1) is 11.4 Å². The van der Waals surface area contributed by atoms with Crippen molar-refractivity contribution in [1.29, 1.82) is 0 Å². The minimum Gasteiger partial charge on any atom is -0.482 e. The van der Waals surface area contributed by atoms with Crippen LogP contribution in [-0.2, 0) is 14.8 Å². The fraction of sp³-hybridized carbons (Fsp3) is 0.417. The van der Waals surface area contributed by atoms with Crippen LogP contribution in [0.4, 0.5) is 5.69 Å². The molecule has 2 rings (SSSR count). The molecule has 6 nitrogen and oxygen atoms in total. The Bertz CT molecular complexity index is 569. The number of nitrogens with zero attached hydrogens (tertiary/aromatic N) is 1. The van der Waals surface area contributed by atoms with E-state index in [0.29, 0.717) is 24.4 Å². The highest BCUT2D eigenvalue weighted by molar-refractivity contribution is 7.92. The van der Waals surface area contributed by atoms with E-state index in [0.717, 1.165) is 6.42 Å². The van der Waals surface area contributed by atoms with Crippen LogP contribution in [0.5, 0.6) is 5.75 Å². The van der Waals surface area contributed by atoms with Crippen molar-refractivity contribution in [2.24, 2.45) is 0 Å². The van der Waals surface area contributed by atoms with Crippen LogP contribution in [0, 0.1) is 0 Å². The maximum Gasteiger partial charge on any atom is 0.341 e. The van der Waals surface area contributed by atoms with Crippen molar-refractivity contribution in [1.82, 2.24) is 0 Å². The molecule has 104 valence electrons. The third-order valence-corrected chi connectivity index (χ3v) is 4.69. The third-order valence-electron chi connectivity index (χ3n) is 2.82. The molecule has 19 heavy (non-hydrogen) atoms. The van der Waals surface area contributed by atoms with Gasteiger partial charge in [0.2, 0.25) is 10.0 Å². The van der Waals surface area contributed by atoms with Crippen LogP contribution in [0.25, 0.3) is 0 Å². The number of aliphatic carboxylic acids is 1. The van der Waals surface area contributed by atoms with Crippen LogP contribution in [0.15, 0.2) is 24.3 Å². The first kappa shape index (κ1) is 13.7. The van der Waals surface area contributed by atoms with Crippen LogP contribution in [-0.4, -0.2) is 38.4 Å². The minimum atomic E-state index is -3.26. The molecule has 0 spiro atoms. The Balaban J connectivity index is 2.20. The third kappa shape index (κ3) is 3.37. The van der Waals surface area contributed by atoms with Gasteiger partial charge in [-0.25, -0.2) is 13.2 Å². The van der Waals surface area contributed by atoms with E-state index in [1.165, 1.54) is 4.31 Å². The van der Waals surface area contributed by atoms with Gasteiger partial charge in [0.15, 0.2) is 6.61 Å². The number of rotatable bonds is 4. The molecule has 0 bridgehead atoms.